The molecule has 0 aliphatic carbocycles. The van der Waals surface area contributed by atoms with Crippen LogP contribution < -0.4 is 5.73 Å². The highest BCUT2D eigenvalue weighted by Crippen LogP contribution is 2.31. The van der Waals surface area contributed by atoms with Gasteiger partial charge >= 0.3 is 0 Å². The lowest BCUT2D eigenvalue weighted by Crippen LogP contribution is -1.95. The van der Waals surface area contributed by atoms with Crippen LogP contribution in [0, 0.1) is 0 Å². The Bertz CT molecular complexity index is 543. The Hall–Kier alpha value is -2.17. The molecule has 0 fully saturated rings. The summed E-state index contributed by atoms with van der Waals surface area (Å²) >= 11 is 0. The first kappa shape index (κ1) is 12.3. The van der Waals surface area contributed by atoms with Gasteiger partial charge < -0.3 is 5.73 Å². The van der Waals surface area contributed by atoms with Gasteiger partial charge in [0.2, 0.25) is 0 Å². The second-order valence-corrected chi connectivity index (χ2v) is 3.98. The summed E-state index contributed by atoms with van der Waals surface area (Å²) < 4.78 is 0. The minimum Gasteiger partial charge on any atom is -0.397 e. The second kappa shape index (κ2) is 5.44. The van der Waals surface area contributed by atoms with Crippen molar-refractivity contribution in [1.82, 2.24) is 10.2 Å². The molecule has 0 radical (unpaired) electrons. The zero-order valence-electron chi connectivity index (χ0n) is 10.6. The lowest BCUT2D eigenvalue weighted by atomic mass is 10.00. The number of nitrogen functional groups attached to an aromatic ring is 1. The van der Waals surface area contributed by atoms with Crippen molar-refractivity contribution >= 4 is 17.2 Å². The maximum absolute atomic E-state index is 5.98. The van der Waals surface area contributed by atoms with E-state index >= 15 is 0 Å². The van der Waals surface area contributed by atoms with Crippen LogP contribution in [0.4, 0.5) is 17.2 Å². The first-order valence-corrected chi connectivity index (χ1v) is 6.08. The van der Waals surface area contributed by atoms with Crippen LogP contribution in [0.5, 0.6) is 0 Å². The van der Waals surface area contributed by atoms with E-state index in [0.29, 0.717) is 11.5 Å². The molecule has 0 unspecified atom stereocenters. The fourth-order valence-electron chi connectivity index (χ4n) is 1.95. The summed E-state index contributed by atoms with van der Waals surface area (Å²) in [4.78, 5) is 0. The lowest BCUT2D eigenvalue weighted by Gasteiger charge is -2.10. The number of hydrogen-bond acceptors (Lipinski definition) is 4. The number of aromatic nitrogens is 2. The van der Waals surface area contributed by atoms with Crippen molar-refractivity contribution in [2.75, 3.05) is 5.73 Å². The molecule has 2 rings (SSSR count). The average Bonchev–Trinajstić information content (AvgIpc) is 2.90. The zero-order valence-corrected chi connectivity index (χ0v) is 10.6. The van der Waals surface area contributed by atoms with Crippen molar-refractivity contribution in [2.24, 2.45) is 10.2 Å². The quantitative estimate of drug-likeness (QED) is 0.636. The molecule has 0 amide bonds. The van der Waals surface area contributed by atoms with Crippen LogP contribution in [0.25, 0.3) is 0 Å². The maximum atomic E-state index is 5.98. The van der Waals surface area contributed by atoms with Gasteiger partial charge in [0, 0.05) is 12.3 Å². The van der Waals surface area contributed by atoms with E-state index in [1.54, 1.807) is 12.3 Å². The van der Waals surface area contributed by atoms with Crippen LogP contribution in [-0.4, -0.2) is 10.2 Å². The molecule has 0 aliphatic heterocycles. The van der Waals surface area contributed by atoms with Gasteiger partial charge in [0.15, 0.2) is 5.82 Å². The molecule has 1 heterocycles. The minimum absolute atomic E-state index is 0.554. The van der Waals surface area contributed by atoms with Crippen molar-refractivity contribution in [3.63, 3.8) is 0 Å². The summed E-state index contributed by atoms with van der Waals surface area (Å²) in [5, 5.41) is 15.0. The molecule has 5 nitrogen and oxygen atoms in total. The predicted molar refractivity (Wildman–Crippen MR) is 72.4 cm³/mol. The molecule has 94 valence electrons. The van der Waals surface area contributed by atoms with Crippen LogP contribution in [0.3, 0.4) is 0 Å². The maximum Gasteiger partial charge on any atom is 0.195 e. The van der Waals surface area contributed by atoms with E-state index in [1.165, 1.54) is 5.56 Å². The third-order valence-electron chi connectivity index (χ3n) is 2.88. The number of aryl methyl sites for hydroxylation is 1. The topological polar surface area (TPSA) is 79.4 Å². The molecule has 2 aromatic rings. The largest absolute Gasteiger partial charge is 0.397 e. The number of nitrogens with one attached hydrogen (secondary N) is 1. The number of anilines is 1. The molecule has 18 heavy (non-hydrogen) atoms. The van der Waals surface area contributed by atoms with Gasteiger partial charge in [-0.3, -0.25) is 5.10 Å². The van der Waals surface area contributed by atoms with Crippen LogP contribution in [-0.2, 0) is 12.8 Å². The SMILES string of the molecule is CCc1ccc(N)c(/N=N/c2cc[nH]n2)c1CC. The van der Waals surface area contributed by atoms with Gasteiger partial charge in [-0.05, 0) is 30.0 Å². The first-order chi connectivity index (χ1) is 8.76. The third-order valence-corrected chi connectivity index (χ3v) is 2.88. The molecule has 0 spiro atoms. The fourth-order valence-corrected chi connectivity index (χ4v) is 1.95. The summed E-state index contributed by atoms with van der Waals surface area (Å²) in [6, 6.07) is 5.70. The van der Waals surface area contributed by atoms with Crippen molar-refractivity contribution < 1.29 is 0 Å². The number of azo groups is 1. The number of benzene rings is 1. The second-order valence-electron chi connectivity index (χ2n) is 3.98. The molecule has 0 atom stereocenters. The molecule has 5 heteroatoms. The van der Waals surface area contributed by atoms with Gasteiger partial charge in [-0.15, -0.1) is 10.2 Å². The van der Waals surface area contributed by atoms with E-state index in [4.69, 9.17) is 5.73 Å². The van der Waals surface area contributed by atoms with Gasteiger partial charge in [0.05, 0.1) is 5.69 Å². The summed E-state index contributed by atoms with van der Waals surface area (Å²) in [6.45, 7) is 4.22. The molecule has 0 bridgehead atoms. The highest BCUT2D eigenvalue weighted by Gasteiger charge is 2.09. The molecule has 1 aromatic carbocycles. The van der Waals surface area contributed by atoms with Crippen LogP contribution in [0.2, 0.25) is 0 Å². The lowest BCUT2D eigenvalue weighted by molar-refractivity contribution is 1.02. The number of H-pyrrole nitrogens is 1. The summed E-state index contributed by atoms with van der Waals surface area (Å²) in [5.41, 5.74) is 9.83. The normalized spacial score (nSPS) is 11.2. The standard InChI is InChI=1S/C13H17N5/c1-3-9-5-6-11(14)13(10(9)4-2)18-17-12-7-8-15-16-12/h5-8H,3-4,14H2,1-2H3,(H,15,16)/b18-17+. The van der Waals surface area contributed by atoms with E-state index in [2.05, 4.69) is 40.3 Å². The number of hydrogen-bond donors (Lipinski definition) is 2. The molecule has 0 saturated carbocycles. The monoisotopic (exact) mass is 243 g/mol. The Labute approximate surface area is 106 Å². The Kier molecular flexibility index (Phi) is 3.72. The molecule has 0 saturated heterocycles. The van der Waals surface area contributed by atoms with Gasteiger partial charge in [-0.1, -0.05) is 19.9 Å². The van der Waals surface area contributed by atoms with E-state index < -0.39 is 0 Å². The van der Waals surface area contributed by atoms with Gasteiger partial charge in [0.1, 0.15) is 5.69 Å². The number of nitrogens with zero attached hydrogens (tertiary/aromatic N) is 3. The van der Waals surface area contributed by atoms with Crippen LogP contribution >= 0.6 is 0 Å². The average molecular weight is 243 g/mol. The summed E-state index contributed by atoms with van der Waals surface area (Å²) in [6.07, 6.45) is 3.57. The number of aromatic amines is 1. The van der Waals surface area contributed by atoms with Gasteiger partial charge in [-0.25, -0.2) is 0 Å². The zero-order chi connectivity index (χ0) is 13.0. The minimum atomic E-state index is 0.554. The Balaban J connectivity index is 2.42. The Morgan fingerprint density at radius 2 is 2.00 bits per heavy atom. The molecular formula is C13H17N5. The Morgan fingerprint density at radius 3 is 2.61 bits per heavy atom. The van der Waals surface area contributed by atoms with Crippen molar-refractivity contribution in [3.05, 3.63) is 35.5 Å². The summed E-state index contributed by atoms with van der Waals surface area (Å²) in [7, 11) is 0. The van der Waals surface area contributed by atoms with E-state index in [9.17, 15) is 0 Å². The van der Waals surface area contributed by atoms with Crippen LogP contribution in [0.1, 0.15) is 25.0 Å². The van der Waals surface area contributed by atoms with Crippen LogP contribution in [0.15, 0.2) is 34.6 Å². The summed E-state index contributed by atoms with van der Waals surface area (Å²) in [5.74, 6) is 0.554. The van der Waals surface area contributed by atoms with E-state index in [1.807, 2.05) is 6.07 Å². The highest BCUT2D eigenvalue weighted by molar-refractivity contribution is 5.68. The molecule has 0 aliphatic rings. The molecule has 3 N–H and O–H groups in total. The van der Waals surface area contributed by atoms with Crippen molar-refractivity contribution in [3.8, 4) is 0 Å². The van der Waals surface area contributed by atoms with Crippen molar-refractivity contribution in [1.29, 1.82) is 0 Å². The van der Waals surface area contributed by atoms with E-state index in [0.717, 1.165) is 24.1 Å². The third kappa shape index (κ3) is 2.40. The highest BCUT2D eigenvalue weighted by atomic mass is 15.2. The number of rotatable bonds is 4. The predicted octanol–water partition coefficient (Wildman–Crippen LogP) is 3.53. The smallest absolute Gasteiger partial charge is 0.195 e. The van der Waals surface area contributed by atoms with Gasteiger partial charge in [-0.2, -0.15) is 5.10 Å². The van der Waals surface area contributed by atoms with Crippen molar-refractivity contribution in [2.45, 2.75) is 26.7 Å². The Morgan fingerprint density at radius 1 is 1.17 bits per heavy atom. The van der Waals surface area contributed by atoms with Gasteiger partial charge in [0.25, 0.3) is 0 Å². The molecule has 1 aromatic heterocycles. The fraction of sp³-hybridized carbons (Fsp3) is 0.308. The molecular weight excluding hydrogens is 226 g/mol. The number of nitrogens with two attached hydrogens (primary N) is 1. The van der Waals surface area contributed by atoms with E-state index in [-0.39, 0.29) is 0 Å². The first-order valence-electron chi connectivity index (χ1n) is 6.08.